The second-order valence-electron chi connectivity index (χ2n) is 7.52. The largest absolute Gasteiger partial charge is 0.399 e. The van der Waals surface area contributed by atoms with Gasteiger partial charge in [0.15, 0.2) is 0 Å². The highest BCUT2D eigenvalue weighted by Crippen LogP contribution is 2.57. The van der Waals surface area contributed by atoms with Crippen molar-refractivity contribution in [2.45, 2.75) is 71.1 Å². The Balaban J connectivity index is 3.13. The summed E-state index contributed by atoms with van der Waals surface area (Å²) in [6.45, 7) is 16.2. The molecular formula is C17H29IOSi. The number of benzene rings is 1. The third kappa shape index (κ3) is 3.86. The molecule has 0 aliphatic heterocycles. The predicted molar refractivity (Wildman–Crippen MR) is 99.8 cm³/mol. The maximum Gasteiger partial charge on any atom is 0.269 e. The zero-order valence-corrected chi connectivity index (χ0v) is 17.1. The lowest BCUT2D eigenvalue weighted by atomic mass is 10.1. The second kappa shape index (κ2) is 6.49. The van der Waals surface area contributed by atoms with Gasteiger partial charge < -0.3 is 4.43 Å². The Bertz CT molecular complexity index is 403. The quantitative estimate of drug-likeness (QED) is 0.311. The van der Waals surface area contributed by atoms with Crippen LogP contribution < -0.4 is 0 Å². The van der Waals surface area contributed by atoms with Gasteiger partial charge in [0.2, 0.25) is 0 Å². The molecule has 0 fully saturated rings. The first kappa shape index (κ1) is 18.2. The van der Waals surface area contributed by atoms with Gasteiger partial charge in [0.05, 0.1) is 6.10 Å². The van der Waals surface area contributed by atoms with Crippen molar-refractivity contribution in [1.82, 2.24) is 0 Å². The minimum Gasteiger partial charge on any atom is -0.399 e. The van der Waals surface area contributed by atoms with Crippen molar-refractivity contribution < 1.29 is 4.43 Å². The molecule has 0 saturated heterocycles. The van der Waals surface area contributed by atoms with E-state index in [4.69, 9.17) is 4.43 Å². The first-order chi connectivity index (χ1) is 9.03. The van der Waals surface area contributed by atoms with Crippen molar-refractivity contribution >= 4 is 27.6 Å². The van der Waals surface area contributed by atoms with Crippen LogP contribution in [0.25, 0.3) is 0 Å². The summed E-state index contributed by atoms with van der Waals surface area (Å²) in [6, 6.07) is 10.6. The van der Waals surface area contributed by atoms with E-state index in [1.54, 1.807) is 0 Å². The van der Waals surface area contributed by atoms with E-state index in [0.717, 1.165) is 6.42 Å². The van der Waals surface area contributed by atoms with E-state index in [1.165, 1.54) is 5.56 Å². The summed E-state index contributed by atoms with van der Waals surface area (Å²) < 4.78 is 6.83. The fourth-order valence-corrected chi connectivity index (χ4v) is 7.30. The molecule has 0 heterocycles. The maximum absolute atomic E-state index is 6.83. The average Bonchev–Trinajstić information content (AvgIpc) is 2.34. The third-order valence-electron chi connectivity index (χ3n) is 3.78. The van der Waals surface area contributed by atoms with Gasteiger partial charge in [0, 0.05) is 0 Å². The van der Waals surface area contributed by atoms with Gasteiger partial charge in [-0.2, -0.15) is 0 Å². The number of rotatable bonds is 4. The predicted octanol–water partition coefficient (Wildman–Crippen LogP) is 6.63. The van der Waals surface area contributed by atoms with Crippen molar-refractivity contribution in [3.63, 3.8) is 0 Å². The van der Waals surface area contributed by atoms with Crippen LogP contribution in [0.5, 0.6) is 0 Å². The second-order valence-corrected chi connectivity index (χ2v) is 16.5. The monoisotopic (exact) mass is 404 g/mol. The molecule has 0 amide bonds. The summed E-state index contributed by atoms with van der Waals surface area (Å²) in [6.07, 6.45) is 1.23. The molecule has 1 unspecified atom stereocenters. The third-order valence-corrected chi connectivity index (χ3v) is 18.7. The smallest absolute Gasteiger partial charge is 0.269 e. The number of halogens is 1. The van der Waals surface area contributed by atoms with E-state index in [0.29, 0.717) is 0 Å². The van der Waals surface area contributed by atoms with E-state index in [-0.39, 0.29) is 16.2 Å². The summed E-state index contributed by atoms with van der Waals surface area (Å²) in [7, 11) is 0. The highest BCUT2D eigenvalue weighted by Gasteiger charge is 2.54. The Kier molecular flexibility index (Phi) is 5.90. The Labute approximate surface area is 138 Å². The average molecular weight is 404 g/mol. The summed E-state index contributed by atoms with van der Waals surface area (Å²) in [5.41, 5.74) is 1.30. The van der Waals surface area contributed by atoms with Crippen LogP contribution in [0, 0.1) is 0 Å². The van der Waals surface area contributed by atoms with E-state index in [2.05, 4.69) is 101 Å². The molecule has 1 atom stereocenters. The van der Waals surface area contributed by atoms with Crippen LogP contribution in [0.4, 0.5) is 0 Å². The molecule has 0 saturated carbocycles. The van der Waals surface area contributed by atoms with Gasteiger partial charge in [-0.1, -0.05) is 101 Å². The number of hydrogen-bond acceptors (Lipinski definition) is 1. The zero-order valence-electron chi connectivity index (χ0n) is 14.0. The van der Waals surface area contributed by atoms with Crippen LogP contribution in [-0.4, -0.2) is 5.81 Å². The Hall–Kier alpha value is 0.127. The minimum absolute atomic E-state index is 0.202. The van der Waals surface area contributed by atoms with Crippen molar-refractivity contribution in [2.75, 3.05) is 0 Å². The van der Waals surface area contributed by atoms with E-state index >= 15 is 0 Å². The topological polar surface area (TPSA) is 9.23 Å². The van der Waals surface area contributed by atoms with Crippen LogP contribution in [0.3, 0.4) is 0 Å². The highest BCUT2D eigenvalue weighted by atomic mass is 127. The molecule has 1 nitrogen and oxygen atoms in total. The minimum atomic E-state index is -1.95. The lowest BCUT2D eigenvalue weighted by Crippen LogP contribution is -2.49. The van der Waals surface area contributed by atoms with Crippen LogP contribution in [0.2, 0.25) is 10.1 Å². The molecule has 0 aliphatic carbocycles. The fraction of sp³-hybridized carbons (Fsp3) is 0.647. The Morgan fingerprint density at radius 1 is 1.00 bits per heavy atom. The van der Waals surface area contributed by atoms with Crippen molar-refractivity contribution in [2.24, 2.45) is 0 Å². The molecule has 1 aromatic carbocycles. The van der Waals surface area contributed by atoms with Crippen LogP contribution in [0.15, 0.2) is 30.3 Å². The lowest BCUT2D eigenvalue weighted by molar-refractivity contribution is 0.176. The summed E-state index contributed by atoms with van der Waals surface area (Å²) in [5.74, 6) is -1.95. The molecule has 1 aromatic rings. The molecule has 20 heavy (non-hydrogen) atoms. The van der Waals surface area contributed by atoms with Crippen molar-refractivity contribution in [3.05, 3.63) is 35.9 Å². The van der Waals surface area contributed by atoms with Crippen LogP contribution in [-0.2, 0) is 4.43 Å². The maximum atomic E-state index is 6.83. The molecule has 1 rings (SSSR count). The van der Waals surface area contributed by atoms with Gasteiger partial charge in [0.25, 0.3) is 5.81 Å². The Morgan fingerprint density at radius 3 is 1.80 bits per heavy atom. The molecule has 0 radical (unpaired) electrons. The van der Waals surface area contributed by atoms with E-state index in [1.807, 2.05) is 0 Å². The molecule has 3 heteroatoms. The van der Waals surface area contributed by atoms with Crippen molar-refractivity contribution in [1.29, 1.82) is 0 Å². The van der Waals surface area contributed by atoms with Crippen LogP contribution in [0.1, 0.15) is 66.6 Å². The molecule has 0 bridgehead atoms. The van der Waals surface area contributed by atoms with Crippen LogP contribution >= 0.6 is 21.8 Å². The van der Waals surface area contributed by atoms with Gasteiger partial charge in [-0.15, -0.1) is 0 Å². The summed E-state index contributed by atoms with van der Waals surface area (Å²) >= 11 is 2.67. The first-order valence-corrected chi connectivity index (χ1v) is 12.5. The first-order valence-electron chi connectivity index (χ1n) is 7.44. The molecule has 0 N–H and O–H groups in total. The lowest BCUT2D eigenvalue weighted by Gasteiger charge is -2.48. The van der Waals surface area contributed by atoms with Gasteiger partial charge in [-0.3, -0.25) is 0 Å². The van der Waals surface area contributed by atoms with Gasteiger partial charge in [-0.25, -0.2) is 0 Å². The van der Waals surface area contributed by atoms with Gasteiger partial charge in [-0.05, 0) is 22.1 Å². The standard InChI is InChI=1S/C17H29IOSi/c1-8-15(14-12-10-9-11-13-14)19-20(18,16(2,3)4)17(5,6)7/h9-13,15H,8H2,1-7H3. The molecular weight excluding hydrogens is 375 g/mol. The highest BCUT2D eigenvalue weighted by molar-refractivity contribution is 14.1. The molecule has 0 spiro atoms. The fourth-order valence-electron chi connectivity index (χ4n) is 2.73. The van der Waals surface area contributed by atoms with E-state index in [9.17, 15) is 0 Å². The molecule has 0 aromatic heterocycles. The van der Waals surface area contributed by atoms with E-state index < -0.39 is 5.81 Å². The molecule has 114 valence electrons. The summed E-state index contributed by atoms with van der Waals surface area (Å²) in [4.78, 5) is 0. The Morgan fingerprint density at radius 2 is 1.45 bits per heavy atom. The normalized spacial score (nSPS) is 15.2. The van der Waals surface area contributed by atoms with Gasteiger partial charge in [0.1, 0.15) is 0 Å². The molecule has 0 aliphatic rings. The SMILES string of the molecule is CCC(O[Si](I)(C(C)(C)C)C(C)(C)C)c1ccccc1. The van der Waals surface area contributed by atoms with Crippen molar-refractivity contribution in [3.8, 4) is 0 Å². The number of hydrogen-bond donors (Lipinski definition) is 0. The van der Waals surface area contributed by atoms with Gasteiger partial charge >= 0.3 is 0 Å². The zero-order chi connectivity index (χ0) is 15.6. The summed E-state index contributed by atoms with van der Waals surface area (Å²) in [5, 5.41) is 0.405.